The fourth-order valence-corrected chi connectivity index (χ4v) is 1.26. The Hall–Kier alpha value is -1.13. The van der Waals surface area contributed by atoms with Gasteiger partial charge in [-0.25, -0.2) is 4.79 Å². The summed E-state index contributed by atoms with van der Waals surface area (Å²) in [6.45, 7) is 0.559. The summed E-state index contributed by atoms with van der Waals surface area (Å²) < 4.78 is 0. The number of urea groups is 1. The summed E-state index contributed by atoms with van der Waals surface area (Å²) >= 11 is 0. The van der Waals surface area contributed by atoms with E-state index in [1.54, 1.807) is 0 Å². The number of hydrogen-bond donors (Lipinski definition) is 2. The van der Waals surface area contributed by atoms with Gasteiger partial charge in [0, 0.05) is 12.5 Å². The van der Waals surface area contributed by atoms with Crippen molar-refractivity contribution in [3.8, 4) is 0 Å². The van der Waals surface area contributed by atoms with Gasteiger partial charge in [-0.3, -0.25) is 0 Å². The molecule has 1 aliphatic heterocycles. The lowest BCUT2D eigenvalue weighted by Crippen LogP contribution is -2.20. The average Bonchev–Trinajstić information content (AvgIpc) is 2.43. The van der Waals surface area contributed by atoms with E-state index in [0.29, 0.717) is 12.3 Å². The molecule has 13 heavy (non-hydrogen) atoms. The number of hydrogen-bond acceptors (Lipinski definition) is 2. The minimum atomic E-state index is -0.293. The van der Waals surface area contributed by atoms with Crippen molar-refractivity contribution in [2.45, 2.75) is 0 Å². The topological polar surface area (TPSA) is 67.5 Å². The zero-order chi connectivity index (χ0) is 8.55. The lowest BCUT2D eigenvalue weighted by molar-refractivity contribution is 0.253. The summed E-state index contributed by atoms with van der Waals surface area (Å²) in [4.78, 5) is 14.5. The lowest BCUT2D eigenvalue weighted by atomic mass is 10.0. The van der Waals surface area contributed by atoms with Crippen molar-refractivity contribution in [3.05, 3.63) is 23.9 Å². The molecule has 1 unspecified atom stereocenters. The van der Waals surface area contributed by atoms with E-state index in [4.69, 9.17) is 5.73 Å². The molecule has 4 nitrogen and oxygen atoms in total. The first-order valence-electron chi connectivity index (χ1n) is 3.80. The summed E-state index contributed by atoms with van der Waals surface area (Å²) in [5, 5.41) is 2.63. The summed E-state index contributed by atoms with van der Waals surface area (Å²) in [6.07, 6.45) is 5.69. The van der Waals surface area contributed by atoms with Crippen LogP contribution in [0.1, 0.15) is 0 Å². The molecule has 1 heterocycles. The van der Waals surface area contributed by atoms with Gasteiger partial charge in [0.15, 0.2) is 0 Å². The third-order valence-electron chi connectivity index (χ3n) is 1.89. The van der Waals surface area contributed by atoms with E-state index in [1.807, 2.05) is 18.2 Å². The zero-order valence-corrected chi connectivity index (χ0v) is 7.67. The number of nitrogens with one attached hydrogen (secondary N) is 1. The molecule has 0 aromatic rings. The predicted octanol–water partition coefficient (Wildman–Crippen LogP) is 0.601. The zero-order valence-electron chi connectivity index (χ0n) is 6.86. The van der Waals surface area contributed by atoms with E-state index in [1.165, 1.54) is 0 Å². The molecule has 0 saturated carbocycles. The smallest absolute Gasteiger partial charge is 0.330 e. The molecule has 2 aliphatic rings. The molecule has 0 radical (unpaired) electrons. The summed E-state index contributed by atoms with van der Waals surface area (Å²) in [6, 6.07) is -0.293. The summed E-state index contributed by atoms with van der Waals surface area (Å²) in [7, 11) is 0. The molecule has 2 amide bonds. The Balaban J connectivity index is 0.000000845. The van der Waals surface area contributed by atoms with Crippen molar-refractivity contribution in [1.29, 1.82) is 0 Å². The van der Waals surface area contributed by atoms with Crippen molar-refractivity contribution in [1.82, 2.24) is 5.32 Å². The number of carbonyl (C=O) groups excluding carboxylic acids is 1. The molecule has 0 spiro atoms. The second-order valence-corrected chi connectivity index (χ2v) is 2.77. The van der Waals surface area contributed by atoms with Crippen LogP contribution in [-0.4, -0.2) is 18.3 Å². The predicted molar refractivity (Wildman–Crippen MR) is 53.0 cm³/mol. The first-order valence-corrected chi connectivity index (χ1v) is 3.80. The normalized spacial score (nSPS) is 24.1. The first kappa shape index (κ1) is 9.95. The van der Waals surface area contributed by atoms with Crippen LogP contribution in [0.4, 0.5) is 4.79 Å². The Morgan fingerprint density at radius 1 is 1.62 bits per heavy atom. The highest BCUT2D eigenvalue weighted by Crippen LogP contribution is 2.15. The molecule has 3 N–H and O–H groups in total. The largest absolute Gasteiger partial charge is 0.346 e. The molecule has 0 fully saturated rings. The molecule has 1 atom stereocenters. The van der Waals surface area contributed by atoms with Crippen LogP contribution in [0.15, 0.2) is 28.9 Å². The Morgan fingerprint density at radius 3 is 3.08 bits per heavy atom. The van der Waals surface area contributed by atoms with Crippen LogP contribution in [0.3, 0.4) is 0 Å². The number of nitrogens with zero attached hydrogens (tertiary/aromatic N) is 1. The van der Waals surface area contributed by atoms with Crippen molar-refractivity contribution in [2.75, 3.05) is 6.54 Å². The molecule has 0 aromatic heterocycles. The SMILES string of the molecule is Cl.NCC1C=CC2=NC(=O)NC2=C1. The number of amides is 2. The molecule has 70 valence electrons. The fraction of sp³-hybridized carbons (Fsp3) is 0.250. The van der Waals surface area contributed by atoms with E-state index >= 15 is 0 Å². The quantitative estimate of drug-likeness (QED) is 0.650. The van der Waals surface area contributed by atoms with Crippen LogP contribution in [0, 0.1) is 5.92 Å². The van der Waals surface area contributed by atoms with Crippen LogP contribution in [0.25, 0.3) is 0 Å². The Morgan fingerprint density at radius 2 is 2.38 bits per heavy atom. The molecular formula is C8H10ClN3O. The number of aliphatic imine (C=N–C) groups is 1. The highest BCUT2D eigenvalue weighted by molar-refractivity contribution is 6.18. The second kappa shape index (κ2) is 3.72. The Bertz CT molecular complexity index is 319. The molecule has 0 bridgehead atoms. The molecule has 5 heteroatoms. The van der Waals surface area contributed by atoms with E-state index in [9.17, 15) is 4.79 Å². The molecule has 0 aromatic carbocycles. The van der Waals surface area contributed by atoms with Crippen LogP contribution < -0.4 is 11.1 Å². The van der Waals surface area contributed by atoms with E-state index in [-0.39, 0.29) is 24.4 Å². The number of rotatable bonds is 1. The lowest BCUT2D eigenvalue weighted by Gasteiger charge is -2.10. The highest BCUT2D eigenvalue weighted by atomic mass is 35.5. The van der Waals surface area contributed by atoms with Crippen molar-refractivity contribution in [2.24, 2.45) is 16.6 Å². The van der Waals surface area contributed by atoms with Gasteiger partial charge in [-0.2, -0.15) is 4.99 Å². The minimum absolute atomic E-state index is 0. The molecule has 2 rings (SSSR count). The van der Waals surface area contributed by atoms with E-state index < -0.39 is 0 Å². The van der Waals surface area contributed by atoms with E-state index in [2.05, 4.69) is 10.3 Å². The first-order chi connectivity index (χ1) is 5.79. The number of nitrogens with two attached hydrogens (primary N) is 1. The Kier molecular flexibility index (Phi) is 2.85. The van der Waals surface area contributed by atoms with Gasteiger partial charge in [-0.15, -0.1) is 12.4 Å². The second-order valence-electron chi connectivity index (χ2n) is 2.77. The monoisotopic (exact) mass is 199 g/mol. The van der Waals surface area contributed by atoms with Crippen molar-refractivity contribution < 1.29 is 4.79 Å². The van der Waals surface area contributed by atoms with Gasteiger partial charge >= 0.3 is 6.03 Å². The number of fused-ring (bicyclic) bond motifs is 1. The van der Waals surface area contributed by atoms with Crippen molar-refractivity contribution in [3.63, 3.8) is 0 Å². The maximum atomic E-state index is 10.8. The number of halogens is 1. The highest BCUT2D eigenvalue weighted by Gasteiger charge is 2.20. The third kappa shape index (κ3) is 1.79. The Labute approximate surface area is 82.0 Å². The molecule has 1 aliphatic carbocycles. The van der Waals surface area contributed by atoms with Crippen molar-refractivity contribution >= 4 is 24.1 Å². The van der Waals surface area contributed by atoms with E-state index in [0.717, 1.165) is 5.70 Å². The van der Waals surface area contributed by atoms with Gasteiger partial charge in [-0.05, 0) is 6.08 Å². The van der Waals surface area contributed by atoms with Gasteiger partial charge in [0.1, 0.15) is 0 Å². The van der Waals surface area contributed by atoms with Crippen LogP contribution in [0.5, 0.6) is 0 Å². The van der Waals surface area contributed by atoms with Gasteiger partial charge in [-0.1, -0.05) is 12.2 Å². The van der Waals surface area contributed by atoms with Crippen LogP contribution >= 0.6 is 12.4 Å². The van der Waals surface area contributed by atoms with Crippen LogP contribution in [0.2, 0.25) is 0 Å². The minimum Gasteiger partial charge on any atom is -0.330 e. The van der Waals surface area contributed by atoms with Gasteiger partial charge in [0.05, 0.1) is 11.4 Å². The molecular weight excluding hydrogens is 190 g/mol. The van der Waals surface area contributed by atoms with Crippen LogP contribution in [-0.2, 0) is 0 Å². The van der Waals surface area contributed by atoms with Gasteiger partial charge in [0.2, 0.25) is 0 Å². The van der Waals surface area contributed by atoms with Gasteiger partial charge in [0.25, 0.3) is 0 Å². The fourth-order valence-electron chi connectivity index (χ4n) is 1.26. The summed E-state index contributed by atoms with van der Waals surface area (Å²) in [5.41, 5.74) is 6.97. The average molecular weight is 200 g/mol. The molecule has 0 saturated heterocycles. The third-order valence-corrected chi connectivity index (χ3v) is 1.89. The maximum Gasteiger partial charge on any atom is 0.346 e. The maximum absolute atomic E-state index is 10.8. The summed E-state index contributed by atoms with van der Waals surface area (Å²) in [5.74, 6) is 0.220. The number of carbonyl (C=O) groups is 1. The van der Waals surface area contributed by atoms with Gasteiger partial charge < -0.3 is 11.1 Å². The standard InChI is InChI=1S/C8H9N3O.ClH/c9-4-5-1-2-6-7(3-5)11-8(12)10-6;/h1-3,5H,4,9H2,(H,11,12);1H. The number of allylic oxidation sites excluding steroid dienone is 1.